The van der Waals surface area contributed by atoms with E-state index in [9.17, 15) is 10.3 Å². The van der Waals surface area contributed by atoms with Crippen molar-refractivity contribution < 1.29 is 38.0 Å². The van der Waals surface area contributed by atoms with Crippen LogP contribution in [-0.2, 0) is 50.1 Å². The molecule has 1 aliphatic carbocycles. The number of carbonyl (C=O) groups is 1. The highest BCUT2D eigenvalue weighted by Crippen LogP contribution is 2.36. The predicted molar refractivity (Wildman–Crippen MR) is 202 cm³/mol. The zero-order chi connectivity index (χ0) is 37.5. The third-order valence-electron chi connectivity index (χ3n) is 9.18. The highest BCUT2D eigenvalue weighted by molar-refractivity contribution is 5.89. The van der Waals surface area contributed by atoms with Crippen LogP contribution in [0.4, 0.5) is 0 Å². The molecule has 0 radical (unpaired) electrons. The van der Waals surface area contributed by atoms with E-state index in [1.54, 1.807) is 38.5 Å². The van der Waals surface area contributed by atoms with E-state index >= 15 is 0 Å². The molecule has 1 saturated carbocycles. The lowest BCUT2D eigenvalue weighted by molar-refractivity contribution is -0.246. The van der Waals surface area contributed by atoms with Crippen LogP contribution < -0.4 is 9.47 Å². The second-order valence-electron chi connectivity index (χ2n) is 12.7. The normalized spacial score (nSPS) is 20.7. The van der Waals surface area contributed by atoms with Crippen LogP contribution in [-0.4, -0.2) is 56.8 Å². The van der Waals surface area contributed by atoms with E-state index in [1.807, 2.05) is 115 Å². The Kier molecular flexibility index (Phi) is 13.7. The van der Waals surface area contributed by atoms with Gasteiger partial charge in [0, 0.05) is 4.91 Å². The van der Waals surface area contributed by atoms with E-state index in [1.165, 1.54) is 0 Å². The summed E-state index contributed by atoms with van der Waals surface area (Å²) in [5.41, 5.74) is 13.9. The van der Waals surface area contributed by atoms with Crippen molar-refractivity contribution in [2.45, 2.75) is 63.0 Å². The molecular weight excluding hydrogens is 686 g/mol. The second kappa shape index (κ2) is 19.4. The second-order valence-corrected chi connectivity index (χ2v) is 12.7. The van der Waals surface area contributed by atoms with Crippen LogP contribution in [0.5, 0.6) is 11.5 Å². The number of carbonyl (C=O) groups excluding carboxylic acids is 1. The summed E-state index contributed by atoms with van der Waals surface area (Å²) in [5.74, 6) is 0.808. The number of rotatable bonds is 17. The van der Waals surface area contributed by atoms with Gasteiger partial charge in [-0.3, -0.25) is 0 Å². The van der Waals surface area contributed by atoms with Crippen LogP contribution in [0, 0.1) is 0 Å². The summed E-state index contributed by atoms with van der Waals surface area (Å²) in [6, 6.07) is 41.9. The van der Waals surface area contributed by atoms with Gasteiger partial charge < -0.3 is 33.2 Å². The molecule has 11 heteroatoms. The summed E-state index contributed by atoms with van der Waals surface area (Å²) >= 11 is 0. The molecule has 0 N–H and O–H groups in total. The third-order valence-corrected chi connectivity index (χ3v) is 9.18. The first-order valence-electron chi connectivity index (χ1n) is 17.7. The van der Waals surface area contributed by atoms with E-state index in [-0.39, 0.29) is 26.4 Å². The van der Waals surface area contributed by atoms with Crippen molar-refractivity contribution in [3.8, 4) is 11.5 Å². The maximum Gasteiger partial charge on any atom is 0.338 e. The molecule has 0 spiro atoms. The zero-order valence-corrected chi connectivity index (χ0v) is 30.2. The molecule has 0 unspecified atom stereocenters. The molecular formula is C43H43N3O8. The van der Waals surface area contributed by atoms with E-state index in [4.69, 9.17) is 33.2 Å². The molecule has 278 valence electrons. The Bertz CT molecular complexity index is 1930. The molecule has 6 rings (SSSR count). The van der Waals surface area contributed by atoms with Crippen molar-refractivity contribution in [3.05, 3.63) is 178 Å². The van der Waals surface area contributed by atoms with Gasteiger partial charge in [0.2, 0.25) is 0 Å². The van der Waals surface area contributed by atoms with Crippen molar-refractivity contribution in [3.63, 3.8) is 0 Å². The molecule has 54 heavy (non-hydrogen) atoms. The van der Waals surface area contributed by atoms with Gasteiger partial charge in [-0.15, -0.1) is 0 Å². The molecule has 1 fully saturated rings. The Labute approximate surface area is 314 Å². The third kappa shape index (κ3) is 10.0. The molecule has 6 atom stereocenters. The summed E-state index contributed by atoms with van der Waals surface area (Å²) in [5, 5.41) is 4.24. The molecule has 0 saturated heterocycles. The fourth-order valence-electron chi connectivity index (χ4n) is 6.35. The van der Waals surface area contributed by atoms with Crippen molar-refractivity contribution in [1.82, 2.24) is 0 Å². The lowest BCUT2D eigenvalue weighted by Crippen LogP contribution is -2.66. The first-order chi connectivity index (χ1) is 26.6. The smallest absolute Gasteiger partial charge is 0.338 e. The first kappa shape index (κ1) is 38.1. The largest absolute Gasteiger partial charge is 0.497 e. The Hall–Kier alpha value is -5.68. The summed E-state index contributed by atoms with van der Waals surface area (Å²) in [4.78, 5) is 17.0. The number of hydrogen-bond donors (Lipinski definition) is 0. The molecule has 5 aromatic rings. The number of hydrogen-bond acceptors (Lipinski definition) is 9. The van der Waals surface area contributed by atoms with Gasteiger partial charge in [0.15, 0.2) is 0 Å². The maximum atomic E-state index is 13.8. The van der Waals surface area contributed by atoms with Gasteiger partial charge in [-0.2, -0.15) is 0 Å². The topological polar surface area (TPSA) is 130 Å². The van der Waals surface area contributed by atoms with Gasteiger partial charge in [-0.05, 0) is 64.2 Å². The lowest BCUT2D eigenvalue weighted by atomic mass is 9.82. The molecule has 1 aliphatic rings. The predicted octanol–water partition coefficient (Wildman–Crippen LogP) is 8.26. The van der Waals surface area contributed by atoms with E-state index in [0.717, 1.165) is 22.3 Å². The van der Waals surface area contributed by atoms with Crippen LogP contribution in [0.3, 0.4) is 0 Å². The van der Waals surface area contributed by atoms with Crippen LogP contribution in [0.1, 0.15) is 32.6 Å². The average Bonchev–Trinajstić information content (AvgIpc) is 3.23. The summed E-state index contributed by atoms with van der Waals surface area (Å²) < 4.78 is 43.9. The van der Waals surface area contributed by atoms with E-state index in [2.05, 4.69) is 10.0 Å². The Morgan fingerprint density at radius 1 is 0.519 bits per heavy atom. The minimum atomic E-state index is -1.14. The maximum absolute atomic E-state index is 13.8. The molecule has 0 bridgehead atoms. The minimum absolute atomic E-state index is 0.150. The summed E-state index contributed by atoms with van der Waals surface area (Å²) in [7, 11) is 3.22. The number of nitrogens with zero attached hydrogens (tertiary/aromatic N) is 3. The van der Waals surface area contributed by atoms with Crippen molar-refractivity contribution in [2.24, 2.45) is 5.11 Å². The van der Waals surface area contributed by atoms with Gasteiger partial charge in [0.05, 0.1) is 52.3 Å². The fraction of sp³-hybridized carbons (Fsp3) is 0.279. The number of ether oxygens (including phenoxy) is 7. The fourth-order valence-corrected chi connectivity index (χ4v) is 6.35. The summed E-state index contributed by atoms with van der Waals surface area (Å²) in [6.07, 6.45) is -4.79. The van der Waals surface area contributed by atoms with Crippen molar-refractivity contribution in [1.29, 1.82) is 0 Å². The molecule has 0 aliphatic heterocycles. The van der Waals surface area contributed by atoms with Gasteiger partial charge in [-0.25, -0.2) is 4.79 Å². The highest BCUT2D eigenvalue weighted by atomic mass is 16.6. The van der Waals surface area contributed by atoms with Gasteiger partial charge in [0.25, 0.3) is 0 Å². The standard InChI is InChI=1S/C43H43N3O8/c1-48-35-22-18-32(19-23-35)28-51-40-38(50-26-30-12-6-3-7-13-30)37(45-46-44)39(54-43(47)34-16-10-5-11-17-34)41(52-27-31-14-8-4-9-15-31)42(40)53-29-33-20-24-36(49-2)25-21-33/h3-25,37-42H,26-29H2,1-2H3/t37-,38-,39+,40+,41-,42-/m1/s1. The highest BCUT2D eigenvalue weighted by Gasteiger charge is 2.55. The molecule has 0 aromatic heterocycles. The number of methoxy groups -OCH3 is 2. The quantitative estimate of drug-likeness (QED) is 0.0405. The first-order valence-corrected chi connectivity index (χ1v) is 17.7. The minimum Gasteiger partial charge on any atom is -0.497 e. The molecule has 0 heterocycles. The Balaban J connectivity index is 1.43. The molecule has 0 amide bonds. The summed E-state index contributed by atoms with van der Waals surface area (Å²) in [6.45, 7) is 0.618. The van der Waals surface area contributed by atoms with Crippen molar-refractivity contribution in [2.75, 3.05) is 14.2 Å². The van der Waals surface area contributed by atoms with Gasteiger partial charge >= 0.3 is 5.97 Å². The molecule has 5 aromatic carbocycles. The van der Waals surface area contributed by atoms with Crippen LogP contribution in [0.2, 0.25) is 0 Å². The van der Waals surface area contributed by atoms with Gasteiger partial charge in [-0.1, -0.05) is 108 Å². The Morgan fingerprint density at radius 3 is 1.31 bits per heavy atom. The zero-order valence-electron chi connectivity index (χ0n) is 30.2. The average molecular weight is 730 g/mol. The van der Waals surface area contributed by atoms with Crippen LogP contribution >= 0.6 is 0 Å². The Morgan fingerprint density at radius 2 is 0.889 bits per heavy atom. The monoisotopic (exact) mass is 729 g/mol. The number of benzene rings is 5. The molecule has 11 nitrogen and oxygen atoms in total. The lowest BCUT2D eigenvalue weighted by Gasteiger charge is -2.48. The van der Waals surface area contributed by atoms with E-state index < -0.39 is 42.5 Å². The van der Waals surface area contributed by atoms with Crippen molar-refractivity contribution >= 4 is 5.97 Å². The van der Waals surface area contributed by atoms with Crippen LogP contribution in [0.25, 0.3) is 10.4 Å². The number of esters is 1. The SMILES string of the molecule is COc1ccc(CO[C@@H]2[C@@H](OCc3ccc(OC)cc3)[C@H](OCc3ccccc3)[C@@H](N=[N+]=[N-])[C@H](OC(=O)c3ccccc3)[C@H]2OCc2ccccc2)cc1. The number of azide groups is 1. The van der Waals surface area contributed by atoms with E-state index in [0.29, 0.717) is 17.1 Å². The van der Waals surface area contributed by atoms with Crippen LogP contribution in [0.15, 0.2) is 145 Å². The van der Waals surface area contributed by atoms with Gasteiger partial charge in [0.1, 0.15) is 42.0 Å².